The van der Waals surface area contributed by atoms with Gasteiger partial charge in [0.25, 0.3) is 0 Å². The van der Waals surface area contributed by atoms with Gasteiger partial charge in [-0.1, -0.05) is 12.1 Å². The Hall–Kier alpha value is -2.14. The average Bonchev–Trinajstić information content (AvgIpc) is 2.42. The molecule has 1 aliphatic rings. The van der Waals surface area contributed by atoms with Crippen molar-refractivity contribution in [3.63, 3.8) is 0 Å². The number of aliphatic imine (C=N–C) groups is 1. The number of aromatic nitrogens is 2. The van der Waals surface area contributed by atoms with Crippen LogP contribution in [0.25, 0.3) is 11.0 Å². The summed E-state index contributed by atoms with van der Waals surface area (Å²) >= 11 is 0. The molecule has 2 aromatic rings. The summed E-state index contributed by atoms with van der Waals surface area (Å²) in [6.45, 7) is 0. The van der Waals surface area contributed by atoms with Crippen molar-refractivity contribution in [1.82, 2.24) is 9.97 Å². The van der Waals surface area contributed by atoms with Gasteiger partial charge in [-0.05, 0) is 25.0 Å². The first-order valence-electron chi connectivity index (χ1n) is 6.25. The molecule has 0 atom stereocenters. The fourth-order valence-corrected chi connectivity index (χ4v) is 2.12. The first-order chi connectivity index (χ1) is 9.26. The van der Waals surface area contributed by atoms with Crippen molar-refractivity contribution >= 4 is 23.0 Å². The number of nitrogens with zero attached hydrogens (tertiary/aromatic N) is 3. The molecule has 0 amide bonds. The first-order valence-corrected chi connectivity index (χ1v) is 6.25. The van der Waals surface area contributed by atoms with E-state index in [9.17, 15) is 5.11 Å². The topological polar surface area (TPSA) is 82.2 Å². The molecule has 0 unspecified atom stereocenters. The summed E-state index contributed by atoms with van der Waals surface area (Å²) < 4.78 is 0. The van der Waals surface area contributed by atoms with Gasteiger partial charge in [-0.25, -0.2) is 4.98 Å². The van der Waals surface area contributed by atoms with E-state index in [1.165, 1.54) is 6.21 Å². The summed E-state index contributed by atoms with van der Waals surface area (Å²) in [5, 5.41) is 16.7. The lowest BCUT2D eigenvalue weighted by Crippen LogP contribution is -2.32. The van der Waals surface area contributed by atoms with Gasteiger partial charge in [0.2, 0.25) is 0 Å². The van der Waals surface area contributed by atoms with Crippen LogP contribution in [-0.4, -0.2) is 39.1 Å². The average molecular weight is 254 g/mol. The summed E-state index contributed by atoms with van der Waals surface area (Å²) in [6.07, 6.45) is 3.92. The van der Waals surface area contributed by atoms with Crippen LogP contribution in [0.15, 0.2) is 35.5 Å². The number of aliphatic hydroxyl groups excluding tert-OH is 1. The van der Waals surface area contributed by atoms with Crippen LogP contribution in [-0.2, 0) is 0 Å². The Kier molecular flexibility index (Phi) is 3.05. The summed E-state index contributed by atoms with van der Waals surface area (Å²) in [4.78, 5) is 13.2. The van der Waals surface area contributed by atoms with Gasteiger partial charge in [0.15, 0.2) is 0 Å². The zero-order valence-corrected chi connectivity index (χ0v) is 10.3. The number of hydrogen-bond donors (Lipinski definition) is 2. The molecule has 0 bridgehead atoms. The number of aliphatic hydroxyl groups is 1. The summed E-state index contributed by atoms with van der Waals surface area (Å²) in [6, 6.07) is 7.71. The van der Waals surface area contributed by atoms with E-state index in [2.05, 4.69) is 15.0 Å². The lowest BCUT2D eigenvalue weighted by Gasteiger charge is -2.28. The molecule has 2 N–H and O–H groups in total. The number of rotatable bonds is 3. The highest BCUT2D eigenvalue weighted by Crippen LogP contribution is 2.23. The number of fused-ring (bicyclic) bond motifs is 1. The van der Waals surface area contributed by atoms with Gasteiger partial charge < -0.3 is 10.5 Å². The highest BCUT2D eigenvalue weighted by Gasteiger charge is 2.27. The second-order valence-corrected chi connectivity index (χ2v) is 4.68. The molecule has 0 aliphatic heterocycles. The zero-order chi connectivity index (χ0) is 13.2. The van der Waals surface area contributed by atoms with E-state index < -0.39 is 0 Å². The van der Waals surface area contributed by atoms with Crippen molar-refractivity contribution in [1.29, 1.82) is 5.41 Å². The second-order valence-electron chi connectivity index (χ2n) is 4.68. The van der Waals surface area contributed by atoms with E-state index in [0.717, 1.165) is 11.0 Å². The number of benzene rings is 1. The van der Waals surface area contributed by atoms with E-state index in [1.807, 2.05) is 24.3 Å². The van der Waals surface area contributed by atoms with Gasteiger partial charge in [0, 0.05) is 6.21 Å². The smallest absolute Gasteiger partial charge is 0.109 e. The molecule has 1 aromatic carbocycles. The third-order valence-electron chi connectivity index (χ3n) is 3.26. The van der Waals surface area contributed by atoms with Gasteiger partial charge >= 0.3 is 0 Å². The molecule has 5 nitrogen and oxygen atoms in total. The Balaban J connectivity index is 1.94. The number of para-hydroxylation sites is 2. The maximum absolute atomic E-state index is 9.26. The molecule has 1 heterocycles. The molecular weight excluding hydrogens is 240 g/mol. The van der Waals surface area contributed by atoms with Gasteiger partial charge in [0.05, 0.1) is 29.4 Å². The van der Waals surface area contributed by atoms with Crippen LogP contribution < -0.4 is 0 Å². The van der Waals surface area contributed by atoms with Crippen LogP contribution in [0.4, 0.5) is 0 Å². The largest absolute Gasteiger partial charge is 0.393 e. The van der Waals surface area contributed by atoms with Gasteiger partial charge in [0.1, 0.15) is 11.4 Å². The van der Waals surface area contributed by atoms with E-state index in [4.69, 9.17) is 5.41 Å². The van der Waals surface area contributed by atoms with Crippen molar-refractivity contribution in [2.75, 3.05) is 0 Å². The first kappa shape index (κ1) is 11.9. The van der Waals surface area contributed by atoms with Crippen molar-refractivity contribution in [3.05, 3.63) is 36.2 Å². The Labute approximate surface area is 110 Å². The van der Waals surface area contributed by atoms with Crippen LogP contribution >= 0.6 is 0 Å². The minimum Gasteiger partial charge on any atom is -0.393 e. The van der Waals surface area contributed by atoms with Crippen molar-refractivity contribution in [2.45, 2.75) is 25.0 Å². The molecule has 3 rings (SSSR count). The zero-order valence-electron chi connectivity index (χ0n) is 10.3. The Morgan fingerprint density at radius 2 is 2.05 bits per heavy atom. The van der Waals surface area contributed by atoms with Crippen molar-refractivity contribution < 1.29 is 5.11 Å². The van der Waals surface area contributed by atoms with Crippen LogP contribution in [0.1, 0.15) is 18.5 Å². The van der Waals surface area contributed by atoms with Crippen LogP contribution in [0.3, 0.4) is 0 Å². The molecule has 1 saturated carbocycles. The van der Waals surface area contributed by atoms with E-state index in [1.54, 1.807) is 6.20 Å². The van der Waals surface area contributed by atoms with Crippen molar-refractivity contribution in [2.24, 2.45) is 4.99 Å². The van der Waals surface area contributed by atoms with Gasteiger partial charge in [-0.3, -0.25) is 9.98 Å². The standard InChI is InChI=1S/C14H14N4O/c15-7-13(17-9-5-10(19)6-9)14-8-16-11-3-1-2-4-12(11)18-14/h1-4,7-10,15,19H,5-6H2. The van der Waals surface area contributed by atoms with Crippen LogP contribution in [0, 0.1) is 5.41 Å². The molecule has 0 spiro atoms. The van der Waals surface area contributed by atoms with Gasteiger partial charge in [-0.15, -0.1) is 0 Å². The van der Waals surface area contributed by atoms with E-state index >= 15 is 0 Å². The molecule has 1 fully saturated rings. The fourth-order valence-electron chi connectivity index (χ4n) is 2.12. The predicted molar refractivity (Wildman–Crippen MR) is 73.9 cm³/mol. The summed E-state index contributed by atoms with van der Waals surface area (Å²) in [5.74, 6) is 0. The third-order valence-corrected chi connectivity index (χ3v) is 3.26. The van der Waals surface area contributed by atoms with Crippen LogP contribution in [0.2, 0.25) is 0 Å². The molecular formula is C14H14N4O. The maximum atomic E-state index is 9.26. The molecule has 1 aromatic heterocycles. The molecule has 0 saturated heterocycles. The fraction of sp³-hybridized carbons (Fsp3) is 0.286. The quantitative estimate of drug-likeness (QED) is 0.816. The second kappa shape index (κ2) is 4.85. The molecule has 96 valence electrons. The van der Waals surface area contributed by atoms with Gasteiger partial charge in [-0.2, -0.15) is 0 Å². The lowest BCUT2D eigenvalue weighted by atomic mass is 9.90. The Morgan fingerprint density at radius 1 is 1.32 bits per heavy atom. The number of nitrogens with one attached hydrogen (secondary N) is 1. The predicted octanol–water partition coefficient (Wildman–Crippen LogP) is 1.59. The minimum absolute atomic E-state index is 0.0971. The SMILES string of the molecule is N=CC(=NC1CC(O)C1)c1cnc2ccccc2n1. The Morgan fingerprint density at radius 3 is 2.74 bits per heavy atom. The third kappa shape index (κ3) is 2.37. The van der Waals surface area contributed by atoms with Crippen LogP contribution in [0.5, 0.6) is 0 Å². The highest BCUT2D eigenvalue weighted by molar-refractivity contribution is 6.36. The minimum atomic E-state index is -0.247. The highest BCUT2D eigenvalue weighted by atomic mass is 16.3. The summed E-state index contributed by atoms with van der Waals surface area (Å²) in [5.41, 5.74) is 2.75. The van der Waals surface area contributed by atoms with E-state index in [0.29, 0.717) is 24.2 Å². The Bertz CT molecular complexity index is 647. The molecule has 19 heavy (non-hydrogen) atoms. The normalized spacial score (nSPS) is 23.1. The van der Waals surface area contributed by atoms with Crippen molar-refractivity contribution in [3.8, 4) is 0 Å². The molecule has 0 radical (unpaired) electrons. The molecule has 5 heteroatoms. The molecule has 1 aliphatic carbocycles. The monoisotopic (exact) mass is 254 g/mol. The lowest BCUT2D eigenvalue weighted by molar-refractivity contribution is 0.0779. The van der Waals surface area contributed by atoms with E-state index in [-0.39, 0.29) is 12.1 Å². The maximum Gasteiger partial charge on any atom is 0.109 e. The number of hydrogen-bond acceptors (Lipinski definition) is 5. The summed E-state index contributed by atoms with van der Waals surface area (Å²) in [7, 11) is 0.